The van der Waals surface area contributed by atoms with E-state index in [0.717, 1.165) is 17.6 Å². The Bertz CT molecular complexity index is 596. The second-order valence-electron chi connectivity index (χ2n) is 4.76. The predicted molar refractivity (Wildman–Crippen MR) is 85.7 cm³/mol. The van der Waals surface area contributed by atoms with Gasteiger partial charge in [0.2, 0.25) is 0 Å². The Morgan fingerprint density at radius 1 is 1.48 bits per heavy atom. The van der Waals surface area contributed by atoms with Gasteiger partial charge in [0.1, 0.15) is 6.10 Å². The first-order valence-corrected chi connectivity index (χ1v) is 7.54. The molecule has 112 valence electrons. The fourth-order valence-corrected chi connectivity index (χ4v) is 2.52. The lowest BCUT2D eigenvalue weighted by molar-refractivity contribution is -0.118. The number of amides is 1. The van der Waals surface area contributed by atoms with Gasteiger partial charge in [-0.3, -0.25) is 4.79 Å². The zero-order chi connectivity index (χ0) is 15.4. The number of carbonyl (C=O) groups is 1. The Morgan fingerprint density at radius 2 is 2.24 bits per heavy atom. The van der Waals surface area contributed by atoms with Gasteiger partial charge in [0.05, 0.1) is 22.2 Å². The van der Waals surface area contributed by atoms with Crippen molar-refractivity contribution in [2.45, 2.75) is 19.4 Å². The van der Waals surface area contributed by atoms with Crippen LogP contribution in [0.3, 0.4) is 0 Å². The van der Waals surface area contributed by atoms with Crippen LogP contribution in [0.2, 0.25) is 10.0 Å². The summed E-state index contributed by atoms with van der Waals surface area (Å²) in [5.41, 5.74) is 2.21. The van der Waals surface area contributed by atoms with Gasteiger partial charge in [0.15, 0.2) is 0 Å². The molecule has 1 aliphatic heterocycles. The molecule has 0 aromatic heterocycles. The van der Waals surface area contributed by atoms with Crippen molar-refractivity contribution >= 4 is 29.1 Å². The van der Waals surface area contributed by atoms with E-state index in [1.165, 1.54) is 0 Å². The summed E-state index contributed by atoms with van der Waals surface area (Å²) in [7, 11) is 0. The average molecular weight is 326 g/mol. The SMILES string of the molecule is C=CC1=C(C(=O)NCCC)C(c2ccc(Cl)c(Cl)c2)OC1. The van der Waals surface area contributed by atoms with E-state index in [-0.39, 0.29) is 5.91 Å². The quantitative estimate of drug-likeness (QED) is 0.886. The number of benzene rings is 1. The highest BCUT2D eigenvalue weighted by Gasteiger charge is 2.31. The summed E-state index contributed by atoms with van der Waals surface area (Å²) in [5, 5.41) is 3.80. The monoisotopic (exact) mass is 325 g/mol. The smallest absolute Gasteiger partial charge is 0.250 e. The highest BCUT2D eigenvalue weighted by atomic mass is 35.5. The number of nitrogens with one attached hydrogen (secondary N) is 1. The van der Waals surface area contributed by atoms with Gasteiger partial charge in [-0.05, 0) is 29.7 Å². The molecule has 0 fully saturated rings. The summed E-state index contributed by atoms with van der Waals surface area (Å²) >= 11 is 12.0. The molecule has 1 aromatic carbocycles. The standard InChI is InChI=1S/C16H17Cl2NO2/c1-3-7-19-16(20)14-10(4-2)9-21-15(14)11-5-6-12(17)13(18)8-11/h4-6,8,15H,2-3,7,9H2,1H3,(H,19,20). The van der Waals surface area contributed by atoms with E-state index in [0.29, 0.717) is 28.8 Å². The third kappa shape index (κ3) is 3.49. The molecule has 0 bridgehead atoms. The van der Waals surface area contributed by atoms with Crippen LogP contribution in [-0.4, -0.2) is 19.1 Å². The number of halogens is 2. The van der Waals surface area contributed by atoms with Crippen LogP contribution in [0.5, 0.6) is 0 Å². The van der Waals surface area contributed by atoms with Gasteiger partial charge in [0.25, 0.3) is 5.91 Å². The fourth-order valence-electron chi connectivity index (χ4n) is 2.21. The lowest BCUT2D eigenvalue weighted by Crippen LogP contribution is -2.28. The summed E-state index contributed by atoms with van der Waals surface area (Å²) in [5.74, 6) is -0.125. The molecule has 1 atom stereocenters. The van der Waals surface area contributed by atoms with Crippen molar-refractivity contribution < 1.29 is 9.53 Å². The average Bonchev–Trinajstić information content (AvgIpc) is 2.91. The molecule has 21 heavy (non-hydrogen) atoms. The molecule has 1 heterocycles. The van der Waals surface area contributed by atoms with E-state index in [1.54, 1.807) is 18.2 Å². The van der Waals surface area contributed by atoms with Gasteiger partial charge >= 0.3 is 0 Å². The Labute approximate surface area is 134 Å². The lowest BCUT2D eigenvalue weighted by atomic mass is 9.98. The second-order valence-corrected chi connectivity index (χ2v) is 5.58. The summed E-state index contributed by atoms with van der Waals surface area (Å²) < 4.78 is 5.74. The molecule has 1 N–H and O–H groups in total. The minimum Gasteiger partial charge on any atom is -0.364 e. The molecule has 0 spiro atoms. The van der Waals surface area contributed by atoms with Gasteiger partial charge in [-0.25, -0.2) is 0 Å². The minimum atomic E-state index is -0.440. The van der Waals surface area contributed by atoms with Crippen LogP contribution in [0.15, 0.2) is 42.0 Å². The molecule has 2 rings (SSSR count). The molecule has 1 unspecified atom stereocenters. The first kappa shape index (κ1) is 16.1. The maximum atomic E-state index is 12.4. The van der Waals surface area contributed by atoms with Gasteiger partial charge in [-0.1, -0.05) is 48.8 Å². The molecule has 5 heteroatoms. The molecular formula is C16H17Cl2NO2. The van der Waals surface area contributed by atoms with Crippen LogP contribution in [0.1, 0.15) is 25.0 Å². The van der Waals surface area contributed by atoms with Gasteiger partial charge in [-0.2, -0.15) is 0 Å². The Hall–Kier alpha value is -1.29. The van der Waals surface area contributed by atoms with Crippen LogP contribution >= 0.6 is 23.2 Å². The Morgan fingerprint density at radius 3 is 2.86 bits per heavy atom. The number of hydrogen-bond acceptors (Lipinski definition) is 2. The zero-order valence-corrected chi connectivity index (χ0v) is 13.3. The maximum Gasteiger partial charge on any atom is 0.250 e. The molecule has 0 saturated carbocycles. The summed E-state index contributed by atoms with van der Waals surface area (Å²) in [4.78, 5) is 12.4. The van der Waals surface area contributed by atoms with Crippen molar-refractivity contribution in [3.8, 4) is 0 Å². The van der Waals surface area contributed by atoms with Crippen molar-refractivity contribution in [3.05, 3.63) is 57.6 Å². The predicted octanol–water partition coefficient (Wildman–Crippen LogP) is 4.07. The molecule has 0 aliphatic carbocycles. The summed E-state index contributed by atoms with van der Waals surface area (Å²) in [6.45, 7) is 6.75. The van der Waals surface area contributed by atoms with Gasteiger partial charge in [0, 0.05) is 6.54 Å². The molecule has 0 saturated heterocycles. The third-order valence-corrected chi connectivity index (χ3v) is 4.03. The number of rotatable bonds is 5. The highest BCUT2D eigenvalue weighted by Crippen LogP contribution is 2.37. The zero-order valence-electron chi connectivity index (χ0n) is 11.8. The van der Waals surface area contributed by atoms with Crippen molar-refractivity contribution in [1.82, 2.24) is 5.32 Å². The van der Waals surface area contributed by atoms with Crippen molar-refractivity contribution in [3.63, 3.8) is 0 Å². The summed E-state index contributed by atoms with van der Waals surface area (Å²) in [6, 6.07) is 5.25. The number of hydrogen-bond donors (Lipinski definition) is 1. The molecule has 0 radical (unpaired) electrons. The molecule has 1 amide bonds. The van der Waals surface area contributed by atoms with E-state index < -0.39 is 6.10 Å². The number of ether oxygens (including phenoxy) is 1. The van der Waals surface area contributed by atoms with E-state index in [9.17, 15) is 4.79 Å². The lowest BCUT2D eigenvalue weighted by Gasteiger charge is -2.15. The van der Waals surface area contributed by atoms with E-state index in [4.69, 9.17) is 27.9 Å². The minimum absolute atomic E-state index is 0.125. The van der Waals surface area contributed by atoms with Crippen LogP contribution in [0.4, 0.5) is 0 Å². The highest BCUT2D eigenvalue weighted by molar-refractivity contribution is 6.42. The van der Waals surface area contributed by atoms with Gasteiger partial charge < -0.3 is 10.1 Å². The largest absolute Gasteiger partial charge is 0.364 e. The first-order chi connectivity index (χ1) is 10.1. The van der Waals surface area contributed by atoms with E-state index >= 15 is 0 Å². The van der Waals surface area contributed by atoms with Crippen LogP contribution in [0.25, 0.3) is 0 Å². The van der Waals surface area contributed by atoms with Crippen molar-refractivity contribution in [1.29, 1.82) is 0 Å². The Balaban J connectivity index is 2.34. The molecule has 3 nitrogen and oxygen atoms in total. The second kappa shape index (κ2) is 7.12. The summed E-state index contributed by atoms with van der Waals surface area (Å²) in [6.07, 6.45) is 2.10. The topological polar surface area (TPSA) is 38.3 Å². The van der Waals surface area contributed by atoms with Crippen LogP contribution < -0.4 is 5.32 Å². The molecular weight excluding hydrogens is 309 g/mol. The van der Waals surface area contributed by atoms with Crippen LogP contribution in [-0.2, 0) is 9.53 Å². The third-order valence-electron chi connectivity index (χ3n) is 3.29. The number of carbonyl (C=O) groups excluding carboxylic acids is 1. The van der Waals surface area contributed by atoms with Crippen molar-refractivity contribution in [2.24, 2.45) is 0 Å². The maximum absolute atomic E-state index is 12.4. The van der Waals surface area contributed by atoms with Crippen LogP contribution in [0, 0.1) is 0 Å². The van der Waals surface area contributed by atoms with Gasteiger partial charge in [-0.15, -0.1) is 0 Å². The molecule has 1 aliphatic rings. The van der Waals surface area contributed by atoms with E-state index in [2.05, 4.69) is 11.9 Å². The fraction of sp³-hybridized carbons (Fsp3) is 0.312. The normalized spacial score (nSPS) is 18.0. The first-order valence-electron chi connectivity index (χ1n) is 6.78. The van der Waals surface area contributed by atoms with E-state index in [1.807, 2.05) is 13.0 Å². The van der Waals surface area contributed by atoms with Crippen molar-refractivity contribution in [2.75, 3.05) is 13.2 Å². The molecule has 1 aromatic rings. The Kier molecular flexibility index (Phi) is 5.45.